The molecule has 390 valence electrons. The number of hydrogen-bond acceptors (Lipinski definition) is 5. The lowest BCUT2D eigenvalue weighted by Crippen LogP contribution is -2.42. The molecule has 0 atom stereocenters. The Labute approximate surface area is 414 Å². The van der Waals surface area contributed by atoms with Gasteiger partial charge in [-0.2, -0.15) is 17.6 Å². The van der Waals surface area contributed by atoms with Crippen LogP contribution in [0, 0.1) is 41.4 Å². The van der Waals surface area contributed by atoms with E-state index >= 15 is 0 Å². The van der Waals surface area contributed by atoms with E-state index in [9.17, 15) is 32.3 Å². The van der Waals surface area contributed by atoms with Crippen LogP contribution in [-0.4, -0.2) is 30.3 Å². The maximum Gasteiger partial charge on any atom is 0.387 e. The Morgan fingerprint density at radius 1 is 0.507 bits per heavy atom. The summed E-state index contributed by atoms with van der Waals surface area (Å²) in [7, 11) is 0. The van der Waals surface area contributed by atoms with E-state index in [1.54, 1.807) is 12.1 Å². The van der Waals surface area contributed by atoms with Crippen molar-refractivity contribution in [2.45, 2.75) is 244 Å². The van der Waals surface area contributed by atoms with Gasteiger partial charge < -0.3 is 19.3 Å². The molecule has 0 amide bonds. The van der Waals surface area contributed by atoms with Crippen molar-refractivity contribution < 1.29 is 46.5 Å². The molecule has 2 aromatic rings. The van der Waals surface area contributed by atoms with Crippen molar-refractivity contribution in [3.63, 3.8) is 0 Å². The number of carbonyl (C=O) groups excluding carboxylic acids is 1. The van der Waals surface area contributed by atoms with E-state index < -0.39 is 19.2 Å². The molecule has 0 spiro atoms. The van der Waals surface area contributed by atoms with Crippen LogP contribution in [0.2, 0.25) is 0 Å². The summed E-state index contributed by atoms with van der Waals surface area (Å²) in [6.07, 6.45) is 41.1. The van der Waals surface area contributed by atoms with E-state index in [4.69, 9.17) is 4.74 Å². The van der Waals surface area contributed by atoms with E-state index in [-0.39, 0.29) is 34.7 Å². The van der Waals surface area contributed by atoms with Gasteiger partial charge in [0.25, 0.3) is 0 Å². The molecule has 0 unspecified atom stereocenters. The first-order chi connectivity index (χ1) is 33.5. The van der Waals surface area contributed by atoms with Crippen LogP contribution in [0.25, 0.3) is 0 Å². The highest BCUT2D eigenvalue weighted by atomic mass is 19.3. The lowest BCUT2D eigenvalue weighted by molar-refractivity contribution is -0.143. The number of carboxylic acids is 1. The third-order valence-electron chi connectivity index (χ3n) is 17.1. The van der Waals surface area contributed by atoms with Gasteiger partial charge in [0.2, 0.25) is 0 Å². The number of benzene rings is 2. The van der Waals surface area contributed by atoms with Gasteiger partial charge in [0, 0.05) is 0 Å². The van der Waals surface area contributed by atoms with Gasteiger partial charge in [0.05, 0.1) is 11.8 Å². The van der Waals surface area contributed by atoms with Gasteiger partial charge in [0.1, 0.15) is 17.2 Å². The molecule has 0 saturated heterocycles. The summed E-state index contributed by atoms with van der Waals surface area (Å²) in [5.41, 5.74) is 1.13. The fraction of sp³-hybridized carbons (Fsp3) is 0.763. The van der Waals surface area contributed by atoms with E-state index in [1.165, 1.54) is 190 Å². The van der Waals surface area contributed by atoms with Crippen molar-refractivity contribution in [1.82, 2.24) is 0 Å². The summed E-state index contributed by atoms with van der Waals surface area (Å²) in [6, 6.07) is 13.0. The number of carboxylic acid groups (broad SMARTS) is 1. The first kappa shape index (κ1) is 56.6. The largest absolute Gasteiger partial charge is 0.481 e. The van der Waals surface area contributed by atoms with Crippen LogP contribution >= 0.6 is 0 Å². The highest BCUT2D eigenvalue weighted by Gasteiger charge is 2.45. The Balaban J connectivity index is 0.000000258. The Bertz CT molecular complexity index is 1670. The number of carbonyl (C=O) groups is 2. The first-order valence-electron chi connectivity index (χ1n) is 28.0. The zero-order chi connectivity index (χ0) is 49.3. The maximum absolute atomic E-state index is 12.6. The summed E-state index contributed by atoms with van der Waals surface area (Å²) >= 11 is 0. The van der Waals surface area contributed by atoms with Crippen LogP contribution in [-0.2, 0) is 15.0 Å². The topological polar surface area (TPSA) is 82.1 Å². The van der Waals surface area contributed by atoms with Crippen LogP contribution < -0.4 is 14.2 Å². The Kier molecular flexibility index (Phi) is 25.6. The molecule has 4 aliphatic carbocycles. The molecule has 6 rings (SSSR count). The molecular weight excluding hydrogens is 881 g/mol. The Morgan fingerprint density at radius 3 is 1.33 bits per heavy atom. The van der Waals surface area contributed by atoms with Crippen LogP contribution in [0.15, 0.2) is 48.5 Å². The van der Waals surface area contributed by atoms with Crippen molar-refractivity contribution in [3.05, 3.63) is 54.1 Å². The van der Waals surface area contributed by atoms with E-state index in [1.807, 2.05) is 12.1 Å². The second-order valence-corrected chi connectivity index (χ2v) is 21.7. The van der Waals surface area contributed by atoms with Gasteiger partial charge in [-0.1, -0.05) is 161 Å². The molecule has 4 saturated carbocycles. The molecule has 10 heteroatoms. The third kappa shape index (κ3) is 19.7. The smallest absolute Gasteiger partial charge is 0.387 e. The fourth-order valence-corrected chi connectivity index (χ4v) is 12.9. The van der Waals surface area contributed by atoms with Gasteiger partial charge in [-0.3, -0.25) is 9.59 Å². The summed E-state index contributed by atoms with van der Waals surface area (Å²) in [5, 5.41) is 9.53. The molecule has 0 radical (unpaired) electrons. The number of halogens is 4. The second kappa shape index (κ2) is 31.2. The predicted octanol–water partition coefficient (Wildman–Crippen LogP) is 18.1. The number of aliphatic carboxylic acids is 1. The van der Waals surface area contributed by atoms with Gasteiger partial charge in [-0.25, -0.2) is 0 Å². The van der Waals surface area contributed by atoms with Gasteiger partial charge in [-0.15, -0.1) is 0 Å². The van der Waals surface area contributed by atoms with Crippen molar-refractivity contribution in [2.24, 2.45) is 41.4 Å². The lowest BCUT2D eigenvalue weighted by Gasteiger charge is -2.48. The van der Waals surface area contributed by atoms with E-state index in [2.05, 4.69) is 23.3 Å². The normalized spacial score (nSPS) is 26.2. The maximum atomic E-state index is 12.6. The van der Waals surface area contributed by atoms with Crippen molar-refractivity contribution >= 4 is 11.9 Å². The molecular formula is C59H90F4O6. The minimum Gasteiger partial charge on any atom is -0.481 e. The molecule has 4 aliphatic rings. The monoisotopic (exact) mass is 971 g/mol. The number of esters is 1. The van der Waals surface area contributed by atoms with Crippen LogP contribution in [0.1, 0.15) is 231 Å². The van der Waals surface area contributed by atoms with Gasteiger partial charge in [0.15, 0.2) is 0 Å². The quantitative estimate of drug-likeness (QED) is 0.0416. The molecule has 0 bridgehead atoms. The average molecular weight is 971 g/mol. The Hall–Kier alpha value is -3.30. The summed E-state index contributed by atoms with van der Waals surface area (Å²) < 4.78 is 64.1. The van der Waals surface area contributed by atoms with Gasteiger partial charge >= 0.3 is 25.2 Å². The summed E-state index contributed by atoms with van der Waals surface area (Å²) in [6.45, 7) is -1.14. The van der Waals surface area contributed by atoms with Crippen molar-refractivity contribution in [2.75, 3.05) is 0 Å². The lowest BCUT2D eigenvalue weighted by atomic mass is 9.56. The zero-order valence-electron chi connectivity index (χ0n) is 42.6. The molecule has 2 aromatic carbocycles. The number of rotatable bonds is 27. The second-order valence-electron chi connectivity index (χ2n) is 21.7. The number of hydrogen-bond donors (Lipinski definition) is 1. The molecule has 69 heavy (non-hydrogen) atoms. The van der Waals surface area contributed by atoms with E-state index in [0.717, 1.165) is 62.2 Å². The van der Waals surface area contributed by atoms with Crippen LogP contribution in [0.5, 0.6) is 17.2 Å². The molecule has 1 N–H and O–H groups in total. The van der Waals surface area contributed by atoms with Crippen molar-refractivity contribution in [1.29, 1.82) is 0 Å². The number of ether oxygens (including phenoxy) is 3. The number of alkyl halides is 4. The average Bonchev–Trinajstić information content (AvgIpc) is 3.35. The Morgan fingerprint density at radius 2 is 0.899 bits per heavy atom. The van der Waals surface area contributed by atoms with Gasteiger partial charge in [-0.05, 0) is 154 Å². The minimum absolute atomic E-state index is 0.0429. The molecule has 0 aromatic heterocycles. The SMILES string of the molecule is CCCCCCCCCCC1CCC([C@]2(c3ccc(OC(F)F)cc3)CC[C@@H](C(=O)O)CC2)CC1.CCCCCCCCC[C@H]1CC[C@H]([C@H]2CC[C@H](C(=O)Oc3ccc(OC(F)F)cc3)CC2)CC1. The fourth-order valence-electron chi connectivity index (χ4n) is 12.9. The minimum atomic E-state index is -2.86. The van der Waals surface area contributed by atoms with Crippen molar-refractivity contribution in [3.8, 4) is 17.2 Å². The van der Waals surface area contributed by atoms with E-state index in [0.29, 0.717) is 24.5 Å². The number of unbranched alkanes of at least 4 members (excludes halogenated alkanes) is 13. The first-order valence-corrected chi connectivity index (χ1v) is 28.0. The van der Waals surface area contributed by atoms with Crippen LogP contribution in [0.4, 0.5) is 17.6 Å². The highest BCUT2D eigenvalue weighted by molar-refractivity contribution is 5.75. The summed E-state index contributed by atoms with van der Waals surface area (Å²) in [4.78, 5) is 24.2. The van der Waals surface area contributed by atoms with Crippen LogP contribution in [0.3, 0.4) is 0 Å². The highest BCUT2D eigenvalue weighted by Crippen LogP contribution is 2.53. The third-order valence-corrected chi connectivity index (χ3v) is 17.1. The standard InChI is InChI=1S/C30H46F2O3.C29H44F2O3/c1-2-3-4-5-6-7-8-9-10-23-11-13-25(14-12-23)30(21-19-24(20-22-30)28(33)34)26-15-17-27(18-16-26)35-29(31)32;1-2-3-4-5-6-7-8-9-22-10-12-23(13-11-22)24-14-16-25(17-15-24)28(32)33-26-18-20-27(21-19-26)34-29(30)31/h15-18,23-25,29H,2-14,19-22H2,1H3,(H,33,34);18-25,29H,2-17H2,1H3/t23?,24-,25?,30+;22-,23-,24-,25-. The molecule has 0 aliphatic heterocycles. The zero-order valence-corrected chi connectivity index (χ0v) is 42.6. The molecule has 6 nitrogen and oxygen atoms in total. The summed E-state index contributed by atoms with van der Waals surface area (Å²) in [5.74, 6) is 3.33. The molecule has 0 heterocycles. The molecule has 4 fully saturated rings. The predicted molar refractivity (Wildman–Crippen MR) is 269 cm³/mol.